The Hall–Kier alpha value is -1.91. The Morgan fingerprint density at radius 3 is 1.97 bits per heavy atom. The summed E-state index contributed by atoms with van der Waals surface area (Å²) in [6, 6.07) is -0.631. The van der Waals surface area contributed by atoms with E-state index in [2.05, 4.69) is 67.8 Å². The lowest BCUT2D eigenvalue weighted by Crippen LogP contribution is -2.45. The van der Waals surface area contributed by atoms with E-state index in [1.807, 2.05) is 6.08 Å². The molecule has 3 N–H and O–H groups in total. The van der Waals surface area contributed by atoms with Crippen LogP contribution in [-0.4, -0.2) is 34.9 Å². The summed E-state index contributed by atoms with van der Waals surface area (Å²) in [5.74, 6) is -0.106. The Balaban J connectivity index is 3.70. The van der Waals surface area contributed by atoms with Gasteiger partial charge in [-0.1, -0.05) is 93.9 Å². The Morgan fingerprint density at radius 1 is 0.781 bits per heavy atom. The molecule has 0 rings (SSSR count). The molecular weight excluding hydrogens is 398 g/mol. The van der Waals surface area contributed by atoms with E-state index in [0.29, 0.717) is 6.42 Å². The van der Waals surface area contributed by atoms with Crippen LogP contribution in [0.2, 0.25) is 0 Å². The SMILES string of the molecule is CC/C=C\C/C=C\C/C=C\C/C=C\CCCCCCC(=O)NC(CO)C(O)/C=C/CCC. The van der Waals surface area contributed by atoms with Crippen molar-refractivity contribution >= 4 is 5.91 Å². The first kappa shape index (κ1) is 30.1. The number of amides is 1. The molecule has 0 heterocycles. The minimum atomic E-state index is -0.846. The van der Waals surface area contributed by atoms with Gasteiger partial charge in [0.1, 0.15) is 0 Å². The number of hydrogen-bond donors (Lipinski definition) is 3. The van der Waals surface area contributed by atoms with Gasteiger partial charge in [0.15, 0.2) is 0 Å². The summed E-state index contributed by atoms with van der Waals surface area (Å²) >= 11 is 0. The lowest BCUT2D eigenvalue weighted by atomic mass is 10.1. The third-order valence-electron chi connectivity index (χ3n) is 4.99. The lowest BCUT2D eigenvalue weighted by Gasteiger charge is -2.19. The van der Waals surface area contributed by atoms with Crippen molar-refractivity contribution in [1.29, 1.82) is 0 Å². The molecule has 0 saturated heterocycles. The molecule has 0 fully saturated rings. The van der Waals surface area contributed by atoms with Crippen LogP contribution in [0.5, 0.6) is 0 Å². The normalized spacial score (nSPS) is 14.5. The van der Waals surface area contributed by atoms with Crippen LogP contribution in [-0.2, 0) is 4.79 Å². The Kier molecular flexibility index (Phi) is 22.3. The second-order valence-corrected chi connectivity index (χ2v) is 8.02. The molecule has 0 aromatic heterocycles. The van der Waals surface area contributed by atoms with E-state index < -0.39 is 12.1 Å². The fraction of sp³-hybridized carbons (Fsp3) is 0.607. The van der Waals surface area contributed by atoms with Gasteiger partial charge in [-0.25, -0.2) is 0 Å². The van der Waals surface area contributed by atoms with Crippen LogP contribution in [0.1, 0.15) is 90.9 Å². The monoisotopic (exact) mass is 445 g/mol. The summed E-state index contributed by atoms with van der Waals surface area (Å²) in [4.78, 5) is 12.0. The highest BCUT2D eigenvalue weighted by Gasteiger charge is 2.17. The van der Waals surface area contributed by atoms with Crippen molar-refractivity contribution in [2.75, 3.05) is 6.61 Å². The highest BCUT2D eigenvalue weighted by Crippen LogP contribution is 2.07. The van der Waals surface area contributed by atoms with Crippen molar-refractivity contribution in [2.24, 2.45) is 0 Å². The van der Waals surface area contributed by atoms with Gasteiger partial charge in [-0.15, -0.1) is 0 Å². The zero-order valence-corrected chi connectivity index (χ0v) is 20.4. The summed E-state index contributed by atoms with van der Waals surface area (Å²) in [5, 5.41) is 22.2. The second-order valence-electron chi connectivity index (χ2n) is 8.02. The maximum atomic E-state index is 12.0. The zero-order chi connectivity index (χ0) is 23.7. The van der Waals surface area contributed by atoms with Crippen LogP contribution < -0.4 is 5.32 Å². The molecule has 0 aromatic carbocycles. The standard InChI is InChI=1S/C28H47NO3/c1-3-5-7-8-9-10-11-12-13-14-15-16-17-18-19-20-22-24-28(32)29-26(25-30)27(31)23-21-6-4-2/h5,7,9-10,12-13,15-16,21,23,26-27,30-31H,3-4,6,8,11,14,17-20,22,24-25H2,1-2H3,(H,29,32)/b7-5-,10-9-,13-12-,16-15-,23-21+. The van der Waals surface area contributed by atoms with E-state index in [9.17, 15) is 15.0 Å². The van der Waals surface area contributed by atoms with Crippen molar-refractivity contribution < 1.29 is 15.0 Å². The van der Waals surface area contributed by atoms with Crippen LogP contribution in [0, 0.1) is 0 Å². The summed E-state index contributed by atoms with van der Waals surface area (Å²) < 4.78 is 0. The van der Waals surface area contributed by atoms with E-state index in [-0.39, 0.29) is 12.5 Å². The van der Waals surface area contributed by atoms with Crippen LogP contribution in [0.15, 0.2) is 60.8 Å². The number of carbonyl (C=O) groups is 1. The van der Waals surface area contributed by atoms with Gasteiger partial charge in [0.25, 0.3) is 0 Å². The average Bonchev–Trinajstić information content (AvgIpc) is 2.79. The smallest absolute Gasteiger partial charge is 0.220 e. The first-order valence-electron chi connectivity index (χ1n) is 12.5. The molecule has 0 aromatic rings. The fourth-order valence-corrected chi connectivity index (χ4v) is 3.05. The van der Waals surface area contributed by atoms with Crippen LogP contribution >= 0.6 is 0 Å². The van der Waals surface area contributed by atoms with Gasteiger partial charge in [-0.2, -0.15) is 0 Å². The molecule has 0 spiro atoms. The molecule has 0 saturated carbocycles. The Labute approximate surface area is 196 Å². The number of carbonyl (C=O) groups excluding carboxylic acids is 1. The average molecular weight is 446 g/mol. The van der Waals surface area contributed by atoms with Crippen LogP contribution in [0.25, 0.3) is 0 Å². The minimum Gasteiger partial charge on any atom is -0.394 e. The van der Waals surface area contributed by atoms with E-state index in [1.54, 1.807) is 6.08 Å². The first-order valence-corrected chi connectivity index (χ1v) is 12.5. The van der Waals surface area contributed by atoms with E-state index in [4.69, 9.17) is 0 Å². The van der Waals surface area contributed by atoms with E-state index >= 15 is 0 Å². The first-order chi connectivity index (χ1) is 15.7. The maximum absolute atomic E-state index is 12.0. The summed E-state index contributed by atoms with van der Waals surface area (Å²) in [7, 11) is 0. The van der Waals surface area contributed by atoms with Crippen molar-refractivity contribution in [3.05, 3.63) is 60.8 Å². The molecule has 0 aliphatic heterocycles. The van der Waals surface area contributed by atoms with Gasteiger partial charge < -0.3 is 15.5 Å². The summed E-state index contributed by atoms with van der Waals surface area (Å²) in [6.07, 6.45) is 31.9. The number of nitrogens with one attached hydrogen (secondary N) is 1. The quantitative estimate of drug-likeness (QED) is 0.152. The molecule has 2 atom stereocenters. The topological polar surface area (TPSA) is 69.6 Å². The number of unbranched alkanes of at least 4 members (excludes halogenated alkanes) is 5. The molecule has 0 aliphatic rings. The van der Waals surface area contributed by atoms with Crippen molar-refractivity contribution in [1.82, 2.24) is 5.32 Å². The number of hydrogen-bond acceptors (Lipinski definition) is 3. The lowest BCUT2D eigenvalue weighted by molar-refractivity contribution is -0.123. The fourth-order valence-electron chi connectivity index (χ4n) is 3.05. The predicted octanol–water partition coefficient (Wildman–Crippen LogP) is 6.33. The highest BCUT2D eigenvalue weighted by molar-refractivity contribution is 5.76. The number of allylic oxidation sites excluding steroid dienone is 9. The summed E-state index contributed by atoms with van der Waals surface area (Å²) in [6.45, 7) is 3.94. The highest BCUT2D eigenvalue weighted by atomic mass is 16.3. The second kappa shape index (κ2) is 23.7. The van der Waals surface area contributed by atoms with Gasteiger partial charge in [0, 0.05) is 6.42 Å². The van der Waals surface area contributed by atoms with Crippen LogP contribution in [0.4, 0.5) is 0 Å². The molecule has 1 amide bonds. The van der Waals surface area contributed by atoms with Gasteiger partial charge in [-0.3, -0.25) is 4.79 Å². The largest absolute Gasteiger partial charge is 0.394 e. The van der Waals surface area contributed by atoms with Crippen molar-refractivity contribution in [3.8, 4) is 0 Å². The van der Waals surface area contributed by atoms with Crippen molar-refractivity contribution in [2.45, 2.75) is 103 Å². The Bertz CT molecular complexity index is 575. The van der Waals surface area contributed by atoms with E-state index in [1.165, 1.54) is 0 Å². The number of rotatable bonds is 20. The third-order valence-corrected chi connectivity index (χ3v) is 4.99. The number of aliphatic hydroxyl groups is 2. The van der Waals surface area contributed by atoms with Gasteiger partial charge >= 0.3 is 0 Å². The van der Waals surface area contributed by atoms with Gasteiger partial charge in [0.05, 0.1) is 18.8 Å². The zero-order valence-electron chi connectivity index (χ0n) is 20.4. The van der Waals surface area contributed by atoms with Gasteiger partial charge in [0.2, 0.25) is 5.91 Å². The maximum Gasteiger partial charge on any atom is 0.220 e. The molecule has 182 valence electrons. The molecule has 4 heteroatoms. The molecule has 0 aliphatic carbocycles. The molecule has 0 bridgehead atoms. The molecule has 0 radical (unpaired) electrons. The predicted molar refractivity (Wildman–Crippen MR) is 137 cm³/mol. The van der Waals surface area contributed by atoms with Crippen molar-refractivity contribution in [3.63, 3.8) is 0 Å². The molecule has 4 nitrogen and oxygen atoms in total. The minimum absolute atomic E-state index is 0.106. The Morgan fingerprint density at radius 2 is 1.38 bits per heavy atom. The van der Waals surface area contributed by atoms with Gasteiger partial charge in [-0.05, 0) is 51.4 Å². The van der Waals surface area contributed by atoms with Crippen LogP contribution in [0.3, 0.4) is 0 Å². The molecular formula is C28H47NO3. The number of aliphatic hydroxyl groups excluding tert-OH is 2. The summed E-state index contributed by atoms with van der Waals surface area (Å²) in [5.41, 5.74) is 0. The van der Waals surface area contributed by atoms with E-state index in [0.717, 1.165) is 70.6 Å². The molecule has 32 heavy (non-hydrogen) atoms. The molecule has 2 unspecified atom stereocenters. The third kappa shape index (κ3) is 20.0.